The third kappa shape index (κ3) is 4.31. The van der Waals surface area contributed by atoms with E-state index in [2.05, 4.69) is 31.2 Å². The number of allylic oxidation sites excluding steroid dienone is 1. The minimum Gasteiger partial charge on any atom is -0.493 e. The fraction of sp³-hybridized carbons (Fsp3) is 0.391. The Morgan fingerprint density at radius 3 is 2.80 bits per heavy atom. The highest BCUT2D eigenvalue weighted by atomic mass is 19.1. The topological polar surface area (TPSA) is 9.23 Å². The van der Waals surface area contributed by atoms with Crippen LogP contribution in [-0.2, 0) is 19.3 Å². The van der Waals surface area contributed by atoms with E-state index in [1.165, 1.54) is 11.1 Å². The predicted octanol–water partition coefficient (Wildman–Crippen LogP) is 6.01. The van der Waals surface area contributed by atoms with Gasteiger partial charge >= 0.3 is 0 Å². The molecule has 0 amide bonds. The first-order valence-corrected chi connectivity index (χ1v) is 9.35. The highest BCUT2D eigenvalue weighted by Gasteiger charge is 2.23. The maximum absolute atomic E-state index is 14.4. The van der Waals surface area contributed by atoms with Crippen LogP contribution in [0, 0.1) is 5.82 Å². The minimum absolute atomic E-state index is 0.0447. The van der Waals surface area contributed by atoms with E-state index in [0.29, 0.717) is 6.61 Å². The zero-order valence-electron chi connectivity index (χ0n) is 15.2. The minimum atomic E-state index is -0.0447. The summed E-state index contributed by atoms with van der Waals surface area (Å²) in [5.74, 6) is 1.18. The Morgan fingerprint density at radius 1 is 1.16 bits per heavy atom. The highest BCUT2D eigenvalue weighted by Crippen LogP contribution is 2.35. The molecule has 2 heteroatoms. The van der Waals surface area contributed by atoms with Crippen LogP contribution in [0.2, 0.25) is 0 Å². The molecule has 0 fully saturated rings. The summed E-state index contributed by atoms with van der Waals surface area (Å²) < 4.78 is 20.3. The summed E-state index contributed by atoms with van der Waals surface area (Å²) in [5, 5.41) is 0. The largest absolute Gasteiger partial charge is 0.493 e. The molecule has 0 saturated carbocycles. The molecule has 2 aromatic rings. The first-order chi connectivity index (χ1) is 12.2. The molecule has 0 saturated heterocycles. The van der Waals surface area contributed by atoms with Gasteiger partial charge in [-0.1, -0.05) is 37.3 Å². The molecule has 3 rings (SSSR count). The molecule has 1 nitrogen and oxygen atoms in total. The third-order valence-electron chi connectivity index (χ3n) is 5.11. The van der Waals surface area contributed by atoms with E-state index in [1.54, 1.807) is 6.07 Å². The maximum atomic E-state index is 14.4. The lowest BCUT2D eigenvalue weighted by Crippen LogP contribution is -2.14. The fourth-order valence-electron chi connectivity index (χ4n) is 3.62. The van der Waals surface area contributed by atoms with Crippen molar-refractivity contribution in [3.05, 3.63) is 76.6 Å². The van der Waals surface area contributed by atoms with E-state index >= 15 is 0 Å². The fourth-order valence-corrected chi connectivity index (χ4v) is 3.62. The molecule has 0 spiro atoms. The summed E-state index contributed by atoms with van der Waals surface area (Å²) in [6.07, 6.45) is 8.86. The van der Waals surface area contributed by atoms with Crippen molar-refractivity contribution in [2.45, 2.75) is 51.9 Å². The number of benzene rings is 2. The number of hydrogen-bond acceptors (Lipinski definition) is 1. The molecule has 1 aliphatic carbocycles. The average Bonchev–Trinajstić information content (AvgIpc) is 2.64. The van der Waals surface area contributed by atoms with Gasteiger partial charge in [0, 0.05) is 0 Å². The van der Waals surface area contributed by atoms with E-state index < -0.39 is 0 Å². The van der Waals surface area contributed by atoms with Gasteiger partial charge in [-0.2, -0.15) is 0 Å². The van der Waals surface area contributed by atoms with Gasteiger partial charge in [0.2, 0.25) is 0 Å². The van der Waals surface area contributed by atoms with E-state index in [9.17, 15) is 4.39 Å². The summed E-state index contributed by atoms with van der Waals surface area (Å²) >= 11 is 0. The summed E-state index contributed by atoms with van der Waals surface area (Å²) in [4.78, 5) is 0. The molecule has 0 heterocycles. The van der Waals surface area contributed by atoms with E-state index in [4.69, 9.17) is 4.74 Å². The molecular formula is C23H27FO. The van der Waals surface area contributed by atoms with Crippen molar-refractivity contribution in [3.8, 4) is 5.75 Å². The summed E-state index contributed by atoms with van der Waals surface area (Å²) in [5.41, 5.74) is 4.62. The van der Waals surface area contributed by atoms with Crippen LogP contribution >= 0.6 is 0 Å². The smallest absolute Gasteiger partial charge is 0.126 e. The Hall–Kier alpha value is -2.09. The van der Waals surface area contributed by atoms with Gasteiger partial charge in [0.05, 0.1) is 6.61 Å². The van der Waals surface area contributed by atoms with Crippen LogP contribution in [0.4, 0.5) is 4.39 Å². The molecule has 0 bridgehead atoms. The monoisotopic (exact) mass is 338 g/mol. The Morgan fingerprint density at radius 2 is 2.04 bits per heavy atom. The van der Waals surface area contributed by atoms with Crippen molar-refractivity contribution >= 4 is 0 Å². The Balaban J connectivity index is 1.69. The van der Waals surface area contributed by atoms with Gasteiger partial charge in [0.25, 0.3) is 0 Å². The van der Waals surface area contributed by atoms with E-state index in [0.717, 1.165) is 49.0 Å². The number of fused-ring (bicyclic) bond motifs is 1. The lowest BCUT2D eigenvalue weighted by atomic mass is 9.80. The number of rotatable bonds is 6. The SMILES string of the molecule is CC=CCCOc1ccc2c(c1)CCC(c1ccc(CC)cc1F)C2. The second-order valence-electron chi connectivity index (χ2n) is 6.79. The van der Waals surface area contributed by atoms with Gasteiger partial charge in [0.1, 0.15) is 11.6 Å². The van der Waals surface area contributed by atoms with Crippen molar-refractivity contribution in [2.75, 3.05) is 6.61 Å². The first kappa shape index (κ1) is 17.7. The van der Waals surface area contributed by atoms with Gasteiger partial charge in [-0.15, -0.1) is 0 Å². The average molecular weight is 338 g/mol. The standard InChI is InChI=1S/C23H27FO/c1-3-5-6-13-25-21-11-10-18-15-20(9-8-19(18)16-21)22-12-7-17(4-2)14-23(22)24/h3,5,7,10-12,14,16,20H,4,6,8-9,13,15H2,1-2H3. The van der Waals surface area contributed by atoms with Gasteiger partial charge in [-0.05, 0) is 85.4 Å². The lowest BCUT2D eigenvalue weighted by Gasteiger charge is -2.26. The van der Waals surface area contributed by atoms with E-state index in [1.807, 2.05) is 25.1 Å². The van der Waals surface area contributed by atoms with Crippen LogP contribution in [0.3, 0.4) is 0 Å². The molecule has 25 heavy (non-hydrogen) atoms. The van der Waals surface area contributed by atoms with Gasteiger partial charge < -0.3 is 4.74 Å². The Bertz CT molecular complexity index is 748. The summed E-state index contributed by atoms with van der Waals surface area (Å²) in [6.45, 7) is 4.79. The van der Waals surface area contributed by atoms with Gasteiger partial charge in [-0.25, -0.2) is 4.39 Å². The van der Waals surface area contributed by atoms with Crippen LogP contribution in [0.15, 0.2) is 48.6 Å². The van der Waals surface area contributed by atoms with Gasteiger partial charge in [-0.3, -0.25) is 0 Å². The summed E-state index contributed by atoms with van der Waals surface area (Å²) in [7, 11) is 0. The van der Waals surface area contributed by atoms with E-state index in [-0.39, 0.29) is 11.7 Å². The van der Waals surface area contributed by atoms with Crippen molar-refractivity contribution in [3.63, 3.8) is 0 Å². The lowest BCUT2D eigenvalue weighted by molar-refractivity contribution is 0.324. The predicted molar refractivity (Wildman–Crippen MR) is 102 cm³/mol. The maximum Gasteiger partial charge on any atom is 0.126 e. The molecule has 132 valence electrons. The van der Waals surface area contributed by atoms with Crippen LogP contribution < -0.4 is 4.74 Å². The van der Waals surface area contributed by atoms with Crippen LogP contribution in [0.25, 0.3) is 0 Å². The molecule has 1 atom stereocenters. The third-order valence-corrected chi connectivity index (χ3v) is 5.11. The molecule has 1 aliphatic rings. The van der Waals surface area contributed by atoms with Gasteiger partial charge in [0.15, 0.2) is 0 Å². The van der Waals surface area contributed by atoms with Crippen LogP contribution in [-0.4, -0.2) is 6.61 Å². The molecule has 2 aromatic carbocycles. The number of hydrogen-bond donors (Lipinski definition) is 0. The normalized spacial score (nSPS) is 16.8. The Kier molecular flexibility index (Phi) is 5.91. The molecule has 0 N–H and O–H groups in total. The first-order valence-electron chi connectivity index (χ1n) is 9.35. The van der Waals surface area contributed by atoms with Crippen molar-refractivity contribution in [2.24, 2.45) is 0 Å². The zero-order chi connectivity index (χ0) is 17.6. The molecular weight excluding hydrogens is 311 g/mol. The zero-order valence-corrected chi connectivity index (χ0v) is 15.2. The van der Waals surface area contributed by atoms with Crippen LogP contribution in [0.1, 0.15) is 54.9 Å². The van der Waals surface area contributed by atoms with Crippen molar-refractivity contribution < 1.29 is 9.13 Å². The molecule has 0 aliphatic heterocycles. The van der Waals surface area contributed by atoms with Crippen LogP contribution in [0.5, 0.6) is 5.75 Å². The second kappa shape index (κ2) is 8.33. The number of halogens is 1. The number of ether oxygens (including phenoxy) is 1. The summed E-state index contributed by atoms with van der Waals surface area (Å²) in [6, 6.07) is 12.1. The number of aryl methyl sites for hydroxylation is 2. The molecule has 0 aromatic heterocycles. The van der Waals surface area contributed by atoms with Crippen molar-refractivity contribution in [1.29, 1.82) is 0 Å². The molecule has 1 unspecified atom stereocenters. The Labute approximate surface area is 150 Å². The quantitative estimate of drug-likeness (QED) is 0.463. The van der Waals surface area contributed by atoms with Crippen molar-refractivity contribution in [1.82, 2.24) is 0 Å². The highest BCUT2D eigenvalue weighted by molar-refractivity contribution is 5.40. The second-order valence-corrected chi connectivity index (χ2v) is 6.79. The molecule has 0 radical (unpaired) electrons.